The van der Waals surface area contributed by atoms with Crippen LogP contribution in [-0.4, -0.2) is 48.8 Å². The Morgan fingerprint density at radius 1 is 1.39 bits per heavy atom. The van der Waals surface area contributed by atoms with Crippen molar-refractivity contribution in [1.29, 1.82) is 0 Å². The molecule has 0 spiro atoms. The molecule has 124 valence electrons. The normalized spacial score (nSPS) is 15.7. The lowest BCUT2D eigenvalue weighted by Crippen LogP contribution is -2.27. The van der Waals surface area contributed by atoms with Crippen LogP contribution in [-0.2, 0) is 4.74 Å². The number of carbonyl (C=O) groups excluding carboxylic acids is 1. The molecule has 2 N–H and O–H groups in total. The van der Waals surface area contributed by atoms with Gasteiger partial charge in [-0.05, 0) is 31.0 Å². The second-order valence-corrected chi connectivity index (χ2v) is 6.98. The third-order valence-corrected chi connectivity index (χ3v) is 5.37. The average Bonchev–Trinajstić information content (AvgIpc) is 3.02. The molecule has 1 aliphatic rings. The van der Waals surface area contributed by atoms with Crippen molar-refractivity contribution in [3.05, 3.63) is 30.0 Å². The zero-order valence-corrected chi connectivity index (χ0v) is 14.1. The SMILES string of the molecule is COc1ccc2cc(C(=O)NCCSC3CCOCC3)[nH]c2c1. The molecule has 23 heavy (non-hydrogen) atoms. The maximum Gasteiger partial charge on any atom is 0.267 e. The summed E-state index contributed by atoms with van der Waals surface area (Å²) in [5, 5.41) is 4.65. The van der Waals surface area contributed by atoms with Crippen LogP contribution in [0.25, 0.3) is 10.9 Å². The van der Waals surface area contributed by atoms with E-state index in [2.05, 4.69) is 10.3 Å². The van der Waals surface area contributed by atoms with Crippen molar-refractivity contribution in [2.45, 2.75) is 18.1 Å². The lowest BCUT2D eigenvalue weighted by molar-refractivity contribution is 0.0951. The number of aromatic nitrogens is 1. The van der Waals surface area contributed by atoms with Crippen molar-refractivity contribution < 1.29 is 14.3 Å². The van der Waals surface area contributed by atoms with E-state index >= 15 is 0 Å². The Balaban J connectivity index is 1.49. The van der Waals surface area contributed by atoms with Crippen molar-refractivity contribution in [3.8, 4) is 5.75 Å². The highest BCUT2D eigenvalue weighted by Gasteiger charge is 2.14. The van der Waals surface area contributed by atoms with Crippen molar-refractivity contribution in [2.75, 3.05) is 32.6 Å². The van der Waals surface area contributed by atoms with Gasteiger partial charge in [-0.2, -0.15) is 11.8 Å². The van der Waals surface area contributed by atoms with Crippen LogP contribution in [0.4, 0.5) is 0 Å². The second-order valence-electron chi connectivity index (χ2n) is 5.57. The summed E-state index contributed by atoms with van der Waals surface area (Å²) in [7, 11) is 1.63. The minimum Gasteiger partial charge on any atom is -0.497 e. The van der Waals surface area contributed by atoms with Crippen LogP contribution in [0.2, 0.25) is 0 Å². The zero-order valence-electron chi connectivity index (χ0n) is 13.3. The monoisotopic (exact) mass is 334 g/mol. The van der Waals surface area contributed by atoms with Crippen LogP contribution >= 0.6 is 11.8 Å². The molecule has 1 aromatic carbocycles. The fourth-order valence-corrected chi connectivity index (χ4v) is 3.76. The van der Waals surface area contributed by atoms with Crippen molar-refractivity contribution in [1.82, 2.24) is 10.3 Å². The number of rotatable bonds is 6. The van der Waals surface area contributed by atoms with Gasteiger partial charge in [-0.15, -0.1) is 0 Å². The highest BCUT2D eigenvalue weighted by atomic mass is 32.2. The quantitative estimate of drug-likeness (QED) is 0.798. The number of hydrogen-bond donors (Lipinski definition) is 2. The molecule has 6 heteroatoms. The number of methoxy groups -OCH3 is 1. The Bertz CT molecular complexity index is 665. The first kappa shape index (κ1) is 16.2. The van der Waals surface area contributed by atoms with Gasteiger partial charge in [-0.1, -0.05) is 0 Å². The van der Waals surface area contributed by atoms with E-state index in [0.29, 0.717) is 17.5 Å². The van der Waals surface area contributed by atoms with Gasteiger partial charge in [-0.3, -0.25) is 4.79 Å². The number of nitrogens with one attached hydrogen (secondary N) is 2. The number of aromatic amines is 1. The first-order valence-electron chi connectivity index (χ1n) is 7.90. The van der Waals surface area contributed by atoms with Gasteiger partial charge in [-0.25, -0.2) is 0 Å². The van der Waals surface area contributed by atoms with E-state index in [4.69, 9.17) is 9.47 Å². The lowest BCUT2D eigenvalue weighted by Gasteiger charge is -2.21. The Kier molecular flexibility index (Phi) is 5.46. The molecule has 2 aromatic rings. The summed E-state index contributed by atoms with van der Waals surface area (Å²) in [6, 6.07) is 7.60. The highest BCUT2D eigenvalue weighted by molar-refractivity contribution is 7.99. The maximum absolute atomic E-state index is 12.2. The lowest BCUT2D eigenvalue weighted by atomic mass is 10.2. The van der Waals surface area contributed by atoms with Crippen LogP contribution < -0.4 is 10.1 Å². The van der Waals surface area contributed by atoms with Crippen LogP contribution in [0, 0.1) is 0 Å². The molecule has 1 aliphatic heterocycles. The Labute approximate surface area is 140 Å². The summed E-state index contributed by atoms with van der Waals surface area (Å²) in [6.07, 6.45) is 2.23. The molecule has 1 aromatic heterocycles. The smallest absolute Gasteiger partial charge is 0.267 e. The van der Waals surface area contributed by atoms with Crippen molar-refractivity contribution in [3.63, 3.8) is 0 Å². The highest BCUT2D eigenvalue weighted by Crippen LogP contribution is 2.22. The Morgan fingerprint density at radius 2 is 2.22 bits per heavy atom. The van der Waals surface area contributed by atoms with E-state index in [1.54, 1.807) is 7.11 Å². The number of hydrogen-bond acceptors (Lipinski definition) is 4. The maximum atomic E-state index is 12.2. The molecule has 0 unspecified atom stereocenters. The standard InChI is InChI=1S/C17H22N2O3S/c1-21-13-3-2-12-10-16(19-15(12)11-13)17(20)18-6-9-23-14-4-7-22-8-5-14/h2-3,10-11,14,19H,4-9H2,1H3,(H,18,20). The largest absolute Gasteiger partial charge is 0.497 e. The molecular weight excluding hydrogens is 312 g/mol. The Morgan fingerprint density at radius 3 is 3.00 bits per heavy atom. The molecule has 0 saturated carbocycles. The van der Waals surface area contributed by atoms with Crippen LogP contribution in [0.3, 0.4) is 0 Å². The summed E-state index contributed by atoms with van der Waals surface area (Å²) >= 11 is 1.92. The molecule has 1 saturated heterocycles. The number of thioether (sulfide) groups is 1. The topological polar surface area (TPSA) is 63.4 Å². The molecule has 3 rings (SSSR count). The summed E-state index contributed by atoms with van der Waals surface area (Å²) in [6.45, 7) is 2.41. The van der Waals surface area contributed by atoms with Gasteiger partial charge in [0.15, 0.2) is 0 Å². The number of benzene rings is 1. The van der Waals surface area contributed by atoms with Gasteiger partial charge < -0.3 is 19.8 Å². The zero-order chi connectivity index (χ0) is 16.1. The fourth-order valence-electron chi connectivity index (χ4n) is 2.68. The third-order valence-electron chi connectivity index (χ3n) is 3.98. The summed E-state index contributed by atoms with van der Waals surface area (Å²) in [5.41, 5.74) is 1.50. The molecule has 0 atom stereocenters. The second kappa shape index (κ2) is 7.75. The fraction of sp³-hybridized carbons (Fsp3) is 0.471. The predicted octanol–water partition coefficient (Wildman–Crippen LogP) is 2.82. The van der Waals surface area contributed by atoms with Gasteiger partial charge in [0.05, 0.1) is 7.11 Å². The van der Waals surface area contributed by atoms with Gasteiger partial charge in [0.2, 0.25) is 0 Å². The molecule has 2 heterocycles. The van der Waals surface area contributed by atoms with Gasteiger partial charge in [0.1, 0.15) is 11.4 Å². The van der Waals surface area contributed by atoms with Crippen molar-refractivity contribution in [2.24, 2.45) is 0 Å². The van der Waals surface area contributed by atoms with E-state index in [-0.39, 0.29) is 5.91 Å². The molecule has 0 aliphatic carbocycles. The minimum atomic E-state index is -0.0623. The van der Waals surface area contributed by atoms with Crippen LogP contribution in [0.15, 0.2) is 24.3 Å². The van der Waals surface area contributed by atoms with Gasteiger partial charge in [0.25, 0.3) is 5.91 Å². The number of carbonyl (C=O) groups is 1. The molecule has 0 bridgehead atoms. The third kappa shape index (κ3) is 4.20. The van der Waals surface area contributed by atoms with E-state index in [1.807, 2.05) is 36.0 Å². The summed E-state index contributed by atoms with van der Waals surface area (Å²) in [5.74, 6) is 1.65. The number of fused-ring (bicyclic) bond motifs is 1. The first-order valence-corrected chi connectivity index (χ1v) is 8.95. The average molecular weight is 334 g/mol. The summed E-state index contributed by atoms with van der Waals surface area (Å²) in [4.78, 5) is 15.4. The van der Waals surface area contributed by atoms with E-state index in [0.717, 1.165) is 48.5 Å². The molecule has 1 amide bonds. The number of ether oxygens (including phenoxy) is 2. The predicted molar refractivity (Wildman–Crippen MR) is 93.5 cm³/mol. The minimum absolute atomic E-state index is 0.0623. The molecule has 5 nitrogen and oxygen atoms in total. The van der Waals surface area contributed by atoms with Crippen molar-refractivity contribution >= 4 is 28.6 Å². The Hall–Kier alpha value is -1.66. The van der Waals surface area contributed by atoms with Gasteiger partial charge in [0, 0.05) is 47.7 Å². The first-order chi connectivity index (χ1) is 11.3. The number of amides is 1. The van der Waals surface area contributed by atoms with Gasteiger partial charge >= 0.3 is 0 Å². The van der Waals surface area contributed by atoms with Crippen LogP contribution in [0.1, 0.15) is 23.3 Å². The molecular formula is C17H22N2O3S. The van der Waals surface area contributed by atoms with E-state index < -0.39 is 0 Å². The van der Waals surface area contributed by atoms with E-state index in [9.17, 15) is 4.79 Å². The number of H-pyrrole nitrogens is 1. The molecule has 0 radical (unpaired) electrons. The van der Waals surface area contributed by atoms with Crippen LogP contribution in [0.5, 0.6) is 5.75 Å². The molecule has 1 fully saturated rings. The van der Waals surface area contributed by atoms with E-state index in [1.165, 1.54) is 0 Å². The summed E-state index contributed by atoms with van der Waals surface area (Å²) < 4.78 is 10.5.